The van der Waals surface area contributed by atoms with Crippen molar-refractivity contribution in [1.29, 1.82) is 0 Å². The molecule has 1 aromatic rings. The molecule has 1 aromatic carbocycles. The summed E-state index contributed by atoms with van der Waals surface area (Å²) in [6.07, 6.45) is -10.2. The number of nitrogens with one attached hydrogen (secondary N) is 5. The Balaban J connectivity index is 1.69. The number of rotatable bonds is 20. The van der Waals surface area contributed by atoms with Crippen LogP contribution < -0.4 is 32.3 Å². The predicted octanol–water partition coefficient (Wildman–Crippen LogP) is -3.34. The number of unbranched alkanes of at least 4 members (excludes halogenated alkanes) is 5. The summed E-state index contributed by atoms with van der Waals surface area (Å²) in [4.78, 5) is 112. The Labute approximate surface area is 436 Å². The van der Waals surface area contributed by atoms with Crippen molar-refractivity contribution in [2.45, 2.75) is 203 Å². The van der Waals surface area contributed by atoms with Crippen LogP contribution in [0.3, 0.4) is 0 Å². The lowest BCUT2D eigenvalue weighted by molar-refractivity contribution is -0.149. The highest BCUT2D eigenvalue weighted by Crippen LogP contribution is 2.27. The van der Waals surface area contributed by atoms with Gasteiger partial charge in [0.15, 0.2) is 6.23 Å². The molecule has 4 rings (SSSR count). The van der Waals surface area contributed by atoms with Crippen molar-refractivity contribution in [3.63, 3.8) is 0 Å². The SMILES string of the molecule is CCC(C)CC(C)CCCCCCCCC(=O)N[C@@H]1C[C@H](O)[C@@H](O)NC(=O)[C@@H]2[C@@H](O)CCN2C(=O)[C@H]([C@H](O)CC(N)=O)NC(=O)[C@H]([C@H](O)[C@@H](O)c2ccc(O)cc2)NC(=O)[C@@H]2C[C@@H](O)CN2C(=O)[C@H]([C@@H](C)O)NC1=O. The molecule has 3 saturated heterocycles. The fourth-order valence-corrected chi connectivity index (χ4v) is 9.79. The third kappa shape index (κ3) is 17.8. The van der Waals surface area contributed by atoms with Crippen LogP contribution in [0.15, 0.2) is 24.3 Å². The average molecular weight is 1070 g/mol. The zero-order chi connectivity index (χ0) is 55.8. The molecule has 25 heteroatoms. The first kappa shape index (κ1) is 62.0. The number of benzene rings is 1. The van der Waals surface area contributed by atoms with E-state index in [1.54, 1.807) is 0 Å². The number of nitrogens with two attached hydrogens (primary N) is 1. The molecule has 0 aliphatic carbocycles. The summed E-state index contributed by atoms with van der Waals surface area (Å²) in [7, 11) is 0. The molecule has 3 aliphatic rings. The summed E-state index contributed by atoms with van der Waals surface area (Å²) in [5, 5.41) is 110. The van der Waals surface area contributed by atoms with E-state index in [0.29, 0.717) is 29.6 Å². The van der Waals surface area contributed by atoms with Gasteiger partial charge in [0, 0.05) is 32.4 Å². The molecular weight excluding hydrogens is 985 g/mol. The Hall–Kier alpha value is -5.54. The van der Waals surface area contributed by atoms with Crippen molar-refractivity contribution in [2.75, 3.05) is 13.1 Å². The number of amides is 8. The monoisotopic (exact) mass is 1060 g/mol. The van der Waals surface area contributed by atoms with Gasteiger partial charge in [-0.05, 0) is 55.7 Å². The minimum Gasteiger partial charge on any atom is -0.508 e. The van der Waals surface area contributed by atoms with Gasteiger partial charge >= 0.3 is 0 Å². The van der Waals surface area contributed by atoms with Gasteiger partial charge in [0.2, 0.25) is 47.3 Å². The molecular formula is C50H80N8O17. The first-order chi connectivity index (χ1) is 35.3. The fraction of sp³-hybridized carbons (Fsp3) is 0.720. The number of carbonyl (C=O) groups excluding carboxylic acids is 8. The van der Waals surface area contributed by atoms with Crippen molar-refractivity contribution in [3.05, 3.63) is 29.8 Å². The van der Waals surface area contributed by atoms with Crippen molar-refractivity contribution < 1.29 is 84.3 Å². The first-order valence-electron chi connectivity index (χ1n) is 26.0. The molecule has 3 aliphatic heterocycles. The van der Waals surface area contributed by atoms with Crippen LogP contribution in [0.25, 0.3) is 0 Å². The lowest BCUT2D eigenvalue weighted by atomic mass is 9.91. The second kappa shape index (κ2) is 29.1. The number of primary amides is 1. The number of aliphatic hydroxyl groups excluding tert-OH is 8. The van der Waals surface area contributed by atoms with Crippen LogP contribution in [0.4, 0.5) is 0 Å². The van der Waals surface area contributed by atoms with Gasteiger partial charge in [-0.3, -0.25) is 38.4 Å². The van der Waals surface area contributed by atoms with Gasteiger partial charge < -0.3 is 88.1 Å². The second-order valence-electron chi connectivity index (χ2n) is 20.6. The zero-order valence-electron chi connectivity index (χ0n) is 43.1. The van der Waals surface area contributed by atoms with Gasteiger partial charge in [0.1, 0.15) is 60.3 Å². The van der Waals surface area contributed by atoms with E-state index in [0.717, 1.165) is 74.6 Å². The maximum atomic E-state index is 14.4. The van der Waals surface area contributed by atoms with E-state index in [9.17, 15) is 84.3 Å². The summed E-state index contributed by atoms with van der Waals surface area (Å²) in [6, 6.07) is -7.37. The topological polar surface area (TPSA) is 411 Å². The number of hydrogen-bond acceptors (Lipinski definition) is 17. The van der Waals surface area contributed by atoms with Crippen LogP contribution >= 0.6 is 0 Å². The molecule has 0 aromatic heterocycles. The van der Waals surface area contributed by atoms with Gasteiger partial charge in [-0.25, -0.2) is 0 Å². The normalized spacial score (nSPS) is 29.0. The maximum absolute atomic E-state index is 14.4. The average Bonchev–Trinajstić information content (AvgIpc) is 3.95. The molecule has 25 nitrogen and oxygen atoms in total. The van der Waals surface area contributed by atoms with E-state index < -0.39 is 165 Å². The summed E-state index contributed by atoms with van der Waals surface area (Å²) < 4.78 is 0. The quantitative estimate of drug-likeness (QED) is 0.0568. The molecule has 422 valence electrons. The van der Waals surface area contributed by atoms with Gasteiger partial charge in [-0.15, -0.1) is 0 Å². The number of carbonyl (C=O) groups is 8. The van der Waals surface area contributed by atoms with E-state index >= 15 is 0 Å². The lowest BCUT2D eigenvalue weighted by Gasteiger charge is -2.34. The third-order valence-corrected chi connectivity index (χ3v) is 14.3. The largest absolute Gasteiger partial charge is 0.508 e. The van der Waals surface area contributed by atoms with Crippen molar-refractivity contribution in [2.24, 2.45) is 17.6 Å². The Morgan fingerprint density at radius 1 is 0.720 bits per heavy atom. The van der Waals surface area contributed by atoms with Crippen molar-refractivity contribution in [3.8, 4) is 5.75 Å². The van der Waals surface area contributed by atoms with E-state index in [-0.39, 0.29) is 24.2 Å². The van der Waals surface area contributed by atoms with E-state index in [1.165, 1.54) is 6.42 Å². The van der Waals surface area contributed by atoms with Gasteiger partial charge in [0.25, 0.3) is 0 Å². The number of fused-ring (bicyclic) bond motifs is 2. The van der Waals surface area contributed by atoms with Crippen LogP contribution in [-0.4, -0.2) is 195 Å². The molecule has 0 spiro atoms. The smallest absolute Gasteiger partial charge is 0.248 e. The summed E-state index contributed by atoms with van der Waals surface area (Å²) in [5.74, 6) is -8.59. The standard InChI is InChI=1S/C50H80N8O17/c1-5-25(2)20-26(3)12-10-8-6-7-9-11-13-37(66)52-31-22-35(64)46(71)56-48(73)41-33(62)18-19-57(41)50(75)39(34(63)23-36(51)65)54-47(72)40(43(68)42(67)28-14-16-29(60)17-15-28)55-45(70)32-21-30(61)24-58(32)49(74)38(27(4)59)53-44(31)69/h14-17,25-27,30-35,38-43,46,59-64,67-68,71H,5-13,18-24H2,1-4H3,(H2,51,65)(H,52,66)(H,53,69)(H,54,72)(H,55,70)(H,56,73)/t25?,26?,27-,30-,31-,32+,33+,34-,35+,38+,39+,40+,41+,42+,43+,46-/m1/s1. The number of aromatic hydroxyl groups is 1. The molecule has 2 unspecified atom stereocenters. The van der Waals surface area contributed by atoms with Crippen LogP contribution in [0.5, 0.6) is 5.75 Å². The Bertz CT molecular complexity index is 2100. The Kier molecular flexibility index (Phi) is 24.1. The van der Waals surface area contributed by atoms with Crippen LogP contribution in [0.1, 0.15) is 129 Å². The molecule has 16 N–H and O–H groups in total. The molecule has 0 bridgehead atoms. The molecule has 8 amide bonds. The van der Waals surface area contributed by atoms with Crippen LogP contribution in [0.2, 0.25) is 0 Å². The van der Waals surface area contributed by atoms with E-state index in [1.807, 2.05) is 0 Å². The van der Waals surface area contributed by atoms with Crippen molar-refractivity contribution >= 4 is 47.3 Å². The number of hydrogen-bond donors (Lipinski definition) is 15. The van der Waals surface area contributed by atoms with Crippen LogP contribution in [-0.2, 0) is 38.4 Å². The number of nitrogens with zero attached hydrogens (tertiary/aromatic N) is 2. The maximum Gasteiger partial charge on any atom is 0.248 e. The van der Waals surface area contributed by atoms with E-state index in [2.05, 4.69) is 47.4 Å². The zero-order valence-corrected chi connectivity index (χ0v) is 43.1. The minimum atomic E-state index is -2.36. The third-order valence-electron chi connectivity index (χ3n) is 14.3. The number of phenols is 1. The molecule has 16 atom stereocenters. The molecule has 0 radical (unpaired) electrons. The molecule has 75 heavy (non-hydrogen) atoms. The summed E-state index contributed by atoms with van der Waals surface area (Å²) in [5.41, 5.74) is 5.21. The molecule has 3 heterocycles. The Morgan fingerprint density at radius 3 is 1.95 bits per heavy atom. The highest BCUT2D eigenvalue weighted by Gasteiger charge is 2.49. The van der Waals surface area contributed by atoms with E-state index in [4.69, 9.17) is 5.73 Å². The van der Waals surface area contributed by atoms with Crippen molar-refractivity contribution in [1.82, 2.24) is 36.4 Å². The van der Waals surface area contributed by atoms with Gasteiger partial charge in [-0.1, -0.05) is 77.8 Å². The van der Waals surface area contributed by atoms with Gasteiger partial charge in [0.05, 0.1) is 30.8 Å². The Morgan fingerprint density at radius 2 is 1.32 bits per heavy atom. The summed E-state index contributed by atoms with van der Waals surface area (Å²) in [6.45, 7) is 6.76. The van der Waals surface area contributed by atoms with Crippen LogP contribution in [0, 0.1) is 11.8 Å². The lowest BCUT2D eigenvalue weighted by Crippen LogP contribution is -2.64. The first-order valence-corrected chi connectivity index (χ1v) is 26.0. The molecule has 0 saturated carbocycles. The minimum absolute atomic E-state index is 0.0795. The number of phenolic OH excluding ortho intramolecular Hbond substituents is 1. The van der Waals surface area contributed by atoms with Gasteiger partial charge in [-0.2, -0.15) is 0 Å². The highest BCUT2D eigenvalue weighted by molar-refractivity contribution is 5.98. The molecule has 3 fully saturated rings. The predicted molar refractivity (Wildman–Crippen MR) is 265 cm³/mol. The summed E-state index contributed by atoms with van der Waals surface area (Å²) >= 11 is 0. The fourth-order valence-electron chi connectivity index (χ4n) is 9.79. The highest BCUT2D eigenvalue weighted by atomic mass is 16.3. The number of aliphatic hydroxyl groups is 8. The second-order valence-corrected chi connectivity index (χ2v) is 20.6.